The van der Waals surface area contributed by atoms with E-state index in [-0.39, 0.29) is 0 Å². The van der Waals surface area contributed by atoms with Crippen molar-refractivity contribution < 1.29 is 9.53 Å². The van der Waals surface area contributed by atoms with Crippen LogP contribution in [0.1, 0.15) is 6.92 Å². The van der Waals surface area contributed by atoms with Crippen LogP contribution in [0.2, 0.25) is 10.0 Å². The minimum atomic E-state index is -0.520. The average Bonchev–Trinajstić information content (AvgIpc) is 2.23. The highest BCUT2D eigenvalue weighted by Gasteiger charge is 2.00. The summed E-state index contributed by atoms with van der Waals surface area (Å²) in [5, 5.41) is 4.66. The van der Waals surface area contributed by atoms with Crippen molar-refractivity contribution in [3.05, 3.63) is 28.2 Å². The van der Waals surface area contributed by atoms with Crippen molar-refractivity contribution in [1.29, 1.82) is 0 Å². The third-order valence-electron chi connectivity index (χ3n) is 1.57. The number of carbonyl (C=O) groups is 1. The monoisotopic (exact) mass is 260 g/mol. The maximum absolute atomic E-state index is 10.9. The molecule has 0 bridgehead atoms. The van der Waals surface area contributed by atoms with Crippen LogP contribution in [0.5, 0.6) is 0 Å². The maximum Gasteiger partial charge on any atom is 0.351 e. The van der Waals surface area contributed by atoms with Gasteiger partial charge < -0.3 is 4.74 Å². The quantitative estimate of drug-likeness (QED) is 0.515. The topological polar surface area (TPSA) is 50.7 Å². The number of nitrogens with one attached hydrogen (secondary N) is 1. The van der Waals surface area contributed by atoms with Gasteiger partial charge in [0.2, 0.25) is 0 Å². The van der Waals surface area contributed by atoms with E-state index in [1.165, 1.54) is 0 Å². The third kappa shape index (κ3) is 4.08. The number of nitrogens with zero attached hydrogens (tertiary/aromatic N) is 1. The Balaban J connectivity index is 2.60. The highest BCUT2D eigenvalue weighted by molar-refractivity contribution is 6.35. The van der Waals surface area contributed by atoms with Gasteiger partial charge in [-0.15, -0.1) is 0 Å². The lowest BCUT2D eigenvalue weighted by atomic mass is 10.3. The minimum Gasteiger partial charge on any atom is -0.462 e. The molecule has 0 aliphatic rings. The van der Waals surface area contributed by atoms with E-state index in [2.05, 4.69) is 15.3 Å². The van der Waals surface area contributed by atoms with Crippen LogP contribution in [0.15, 0.2) is 23.3 Å². The molecule has 0 fully saturated rings. The molecule has 1 rings (SSSR count). The molecule has 0 spiro atoms. The van der Waals surface area contributed by atoms with Crippen LogP contribution in [0.4, 0.5) is 5.69 Å². The second kappa shape index (κ2) is 6.35. The van der Waals surface area contributed by atoms with E-state index in [0.717, 1.165) is 6.21 Å². The van der Waals surface area contributed by atoms with Crippen LogP contribution >= 0.6 is 23.2 Å². The van der Waals surface area contributed by atoms with Crippen molar-refractivity contribution in [2.24, 2.45) is 5.10 Å². The van der Waals surface area contributed by atoms with Crippen molar-refractivity contribution >= 4 is 41.1 Å². The van der Waals surface area contributed by atoms with E-state index >= 15 is 0 Å². The van der Waals surface area contributed by atoms with E-state index in [1.54, 1.807) is 25.1 Å². The molecular formula is C10H10Cl2N2O2. The Hall–Kier alpha value is -1.26. The van der Waals surface area contributed by atoms with Crippen LogP contribution in [-0.2, 0) is 9.53 Å². The van der Waals surface area contributed by atoms with Gasteiger partial charge in [0.25, 0.3) is 0 Å². The van der Waals surface area contributed by atoms with Gasteiger partial charge in [-0.3, -0.25) is 5.43 Å². The summed E-state index contributed by atoms with van der Waals surface area (Å²) in [6.07, 6.45) is 1.03. The molecule has 6 heteroatoms. The molecule has 0 aromatic heterocycles. The Morgan fingerprint density at radius 2 is 2.31 bits per heavy atom. The van der Waals surface area contributed by atoms with E-state index in [0.29, 0.717) is 22.3 Å². The summed E-state index contributed by atoms with van der Waals surface area (Å²) >= 11 is 11.6. The third-order valence-corrected chi connectivity index (χ3v) is 2.13. The largest absolute Gasteiger partial charge is 0.462 e. The van der Waals surface area contributed by atoms with E-state index < -0.39 is 5.97 Å². The fourth-order valence-corrected chi connectivity index (χ4v) is 1.25. The van der Waals surface area contributed by atoms with Crippen molar-refractivity contribution in [2.45, 2.75) is 6.92 Å². The van der Waals surface area contributed by atoms with Crippen LogP contribution in [-0.4, -0.2) is 18.8 Å². The molecule has 1 aromatic carbocycles. The summed E-state index contributed by atoms with van der Waals surface area (Å²) in [6, 6.07) is 4.89. The van der Waals surface area contributed by atoms with Crippen LogP contribution in [0, 0.1) is 0 Å². The molecule has 0 saturated heterocycles. The number of benzene rings is 1. The summed E-state index contributed by atoms with van der Waals surface area (Å²) in [6.45, 7) is 2.02. The Bertz CT molecular complexity index is 408. The molecule has 0 amide bonds. The van der Waals surface area contributed by atoms with E-state index in [4.69, 9.17) is 23.2 Å². The molecule has 0 aliphatic carbocycles. The fourth-order valence-electron chi connectivity index (χ4n) is 0.917. The van der Waals surface area contributed by atoms with Gasteiger partial charge in [-0.1, -0.05) is 23.2 Å². The lowest BCUT2D eigenvalue weighted by Crippen LogP contribution is -2.06. The van der Waals surface area contributed by atoms with E-state index in [9.17, 15) is 4.79 Å². The number of carbonyl (C=O) groups excluding carboxylic acids is 1. The second-order valence-electron chi connectivity index (χ2n) is 2.75. The summed E-state index contributed by atoms with van der Waals surface area (Å²) in [5.74, 6) is -0.520. The van der Waals surface area contributed by atoms with Gasteiger partial charge >= 0.3 is 5.97 Å². The van der Waals surface area contributed by atoms with Crippen LogP contribution < -0.4 is 5.43 Å². The second-order valence-corrected chi connectivity index (χ2v) is 3.59. The molecule has 0 atom stereocenters. The Kier molecular flexibility index (Phi) is 5.08. The number of anilines is 1. The molecular weight excluding hydrogens is 251 g/mol. The molecule has 4 nitrogen and oxygen atoms in total. The molecule has 0 radical (unpaired) electrons. The number of hydrogen-bond donors (Lipinski definition) is 1. The van der Waals surface area contributed by atoms with Gasteiger partial charge in [0.1, 0.15) is 6.21 Å². The zero-order valence-electron chi connectivity index (χ0n) is 8.54. The Labute approximate surface area is 103 Å². The zero-order chi connectivity index (χ0) is 12.0. The predicted molar refractivity (Wildman–Crippen MR) is 65.2 cm³/mol. The van der Waals surface area contributed by atoms with Gasteiger partial charge in [-0.05, 0) is 25.1 Å². The summed E-state index contributed by atoms with van der Waals surface area (Å²) in [7, 11) is 0. The number of halogens is 2. The highest BCUT2D eigenvalue weighted by Crippen LogP contribution is 2.25. The molecule has 1 N–H and O–H groups in total. The zero-order valence-corrected chi connectivity index (χ0v) is 10.0. The van der Waals surface area contributed by atoms with Gasteiger partial charge in [0.05, 0.1) is 17.3 Å². The molecule has 86 valence electrons. The first-order chi connectivity index (χ1) is 7.63. The number of rotatable bonds is 4. The molecule has 0 aliphatic heterocycles. The first kappa shape index (κ1) is 12.8. The van der Waals surface area contributed by atoms with Crippen molar-refractivity contribution in [1.82, 2.24) is 0 Å². The fraction of sp³-hybridized carbons (Fsp3) is 0.200. The number of hydrogen-bond acceptors (Lipinski definition) is 4. The van der Waals surface area contributed by atoms with Crippen molar-refractivity contribution in [2.75, 3.05) is 12.0 Å². The number of esters is 1. The smallest absolute Gasteiger partial charge is 0.351 e. The SMILES string of the molecule is CCOC(=O)/C=N\Nc1cc(Cl)ccc1Cl. The maximum atomic E-state index is 10.9. The number of ether oxygens (including phenoxy) is 1. The first-order valence-corrected chi connectivity index (χ1v) is 5.30. The lowest BCUT2D eigenvalue weighted by molar-refractivity contribution is -0.134. The summed E-state index contributed by atoms with van der Waals surface area (Å²) < 4.78 is 4.65. The molecule has 0 unspecified atom stereocenters. The normalized spacial score (nSPS) is 10.4. The number of hydrazone groups is 1. The van der Waals surface area contributed by atoms with Crippen molar-refractivity contribution in [3.8, 4) is 0 Å². The predicted octanol–water partition coefficient (Wildman–Crippen LogP) is 2.95. The minimum absolute atomic E-state index is 0.308. The molecule has 16 heavy (non-hydrogen) atoms. The Morgan fingerprint density at radius 3 is 3.00 bits per heavy atom. The van der Waals surface area contributed by atoms with Crippen LogP contribution in [0.3, 0.4) is 0 Å². The standard InChI is InChI=1S/C10H10Cl2N2O2/c1-2-16-10(15)6-13-14-9-5-7(11)3-4-8(9)12/h3-6,14H,2H2,1H3/b13-6-. The van der Waals surface area contributed by atoms with E-state index in [1.807, 2.05) is 0 Å². The van der Waals surface area contributed by atoms with Gasteiger partial charge in [0, 0.05) is 5.02 Å². The van der Waals surface area contributed by atoms with Gasteiger partial charge in [-0.25, -0.2) is 4.79 Å². The van der Waals surface area contributed by atoms with Crippen molar-refractivity contribution in [3.63, 3.8) is 0 Å². The lowest BCUT2D eigenvalue weighted by Gasteiger charge is -2.03. The average molecular weight is 261 g/mol. The Morgan fingerprint density at radius 1 is 1.56 bits per heavy atom. The van der Waals surface area contributed by atoms with Crippen LogP contribution in [0.25, 0.3) is 0 Å². The molecule has 0 saturated carbocycles. The molecule has 0 heterocycles. The van der Waals surface area contributed by atoms with Gasteiger partial charge in [0.15, 0.2) is 0 Å². The summed E-state index contributed by atoms with van der Waals surface area (Å²) in [5.41, 5.74) is 3.12. The van der Waals surface area contributed by atoms with Gasteiger partial charge in [-0.2, -0.15) is 5.10 Å². The highest BCUT2D eigenvalue weighted by atomic mass is 35.5. The first-order valence-electron chi connectivity index (χ1n) is 4.54. The summed E-state index contributed by atoms with van der Waals surface area (Å²) in [4.78, 5) is 10.9. The molecule has 1 aromatic rings.